The number of rotatable bonds is 9. The largest absolute Gasteiger partial charge is 0.493 e. The summed E-state index contributed by atoms with van der Waals surface area (Å²) in [6.07, 6.45) is 2.42. The number of aliphatic imine (C=N–C) groups is 1. The van der Waals surface area contributed by atoms with E-state index in [0.29, 0.717) is 48.6 Å². The van der Waals surface area contributed by atoms with Crippen molar-refractivity contribution in [2.24, 2.45) is 4.99 Å². The Balaban J connectivity index is 1.52. The van der Waals surface area contributed by atoms with Crippen molar-refractivity contribution in [2.75, 3.05) is 27.8 Å². The summed E-state index contributed by atoms with van der Waals surface area (Å²) in [5, 5.41) is 6.45. The second-order valence-corrected chi connectivity index (χ2v) is 6.83. The SMILES string of the molecule is CN=C(NCCc1cccc(F)c1)NCc1ccc(Oc2c(OC)cccc2OC)nc1. The van der Waals surface area contributed by atoms with E-state index in [0.717, 1.165) is 11.1 Å². The van der Waals surface area contributed by atoms with Gasteiger partial charge in [0.2, 0.25) is 11.6 Å². The fourth-order valence-electron chi connectivity index (χ4n) is 3.02. The van der Waals surface area contributed by atoms with Crippen LogP contribution in [-0.4, -0.2) is 38.8 Å². The lowest BCUT2D eigenvalue weighted by Gasteiger charge is -2.14. The van der Waals surface area contributed by atoms with Crippen molar-refractivity contribution in [1.82, 2.24) is 15.6 Å². The molecule has 3 aromatic rings. The second-order valence-electron chi connectivity index (χ2n) is 6.83. The number of nitrogens with zero attached hydrogens (tertiary/aromatic N) is 2. The lowest BCUT2D eigenvalue weighted by molar-refractivity contribution is 0.342. The number of ether oxygens (including phenoxy) is 3. The maximum Gasteiger partial charge on any atom is 0.219 e. The molecule has 0 aliphatic rings. The van der Waals surface area contributed by atoms with Crippen LogP contribution in [0.4, 0.5) is 4.39 Å². The molecule has 2 N–H and O–H groups in total. The average Bonchev–Trinajstić information content (AvgIpc) is 2.82. The van der Waals surface area contributed by atoms with Gasteiger partial charge in [-0.3, -0.25) is 4.99 Å². The van der Waals surface area contributed by atoms with Gasteiger partial charge in [0.05, 0.1) is 14.2 Å². The molecular formula is C24H27FN4O3. The van der Waals surface area contributed by atoms with Crippen LogP contribution < -0.4 is 24.8 Å². The monoisotopic (exact) mass is 438 g/mol. The standard InChI is InChI=1S/C24H27FN4O3/c1-26-24(27-13-12-17-6-4-7-19(25)14-17)29-16-18-10-11-22(28-15-18)32-23-20(30-2)8-5-9-21(23)31-3/h4-11,14-15H,12-13,16H2,1-3H3,(H2,26,27,29). The molecule has 1 aromatic heterocycles. The molecule has 0 unspecified atom stereocenters. The molecule has 1 heterocycles. The van der Waals surface area contributed by atoms with Gasteiger partial charge in [0, 0.05) is 32.4 Å². The van der Waals surface area contributed by atoms with Crippen LogP contribution >= 0.6 is 0 Å². The molecule has 7 nitrogen and oxygen atoms in total. The third kappa shape index (κ3) is 6.34. The first kappa shape index (κ1) is 22.9. The van der Waals surface area contributed by atoms with E-state index < -0.39 is 0 Å². The summed E-state index contributed by atoms with van der Waals surface area (Å²) >= 11 is 0. The van der Waals surface area contributed by atoms with Crippen molar-refractivity contribution < 1.29 is 18.6 Å². The van der Waals surface area contributed by atoms with Gasteiger partial charge in [-0.2, -0.15) is 0 Å². The Labute approximate surface area is 187 Å². The first-order valence-corrected chi connectivity index (χ1v) is 10.2. The number of nitrogens with one attached hydrogen (secondary N) is 2. The topological polar surface area (TPSA) is 77.0 Å². The van der Waals surface area contributed by atoms with Crippen LogP contribution in [0.5, 0.6) is 23.1 Å². The van der Waals surface area contributed by atoms with E-state index in [1.165, 1.54) is 12.1 Å². The van der Waals surface area contributed by atoms with Crippen LogP contribution in [0.2, 0.25) is 0 Å². The fourth-order valence-corrected chi connectivity index (χ4v) is 3.02. The van der Waals surface area contributed by atoms with Gasteiger partial charge in [-0.1, -0.05) is 24.3 Å². The summed E-state index contributed by atoms with van der Waals surface area (Å²) in [5.41, 5.74) is 1.89. The van der Waals surface area contributed by atoms with Gasteiger partial charge >= 0.3 is 0 Å². The molecule has 0 saturated heterocycles. The van der Waals surface area contributed by atoms with Crippen molar-refractivity contribution in [3.05, 3.63) is 77.7 Å². The van der Waals surface area contributed by atoms with E-state index in [2.05, 4.69) is 20.6 Å². The Hall–Kier alpha value is -3.81. The summed E-state index contributed by atoms with van der Waals surface area (Å²) in [6.45, 7) is 1.17. The van der Waals surface area contributed by atoms with Gasteiger partial charge in [0.25, 0.3) is 0 Å². The summed E-state index contributed by atoms with van der Waals surface area (Å²) < 4.78 is 29.8. The number of benzene rings is 2. The zero-order valence-electron chi connectivity index (χ0n) is 18.4. The van der Waals surface area contributed by atoms with Gasteiger partial charge in [0.1, 0.15) is 5.82 Å². The van der Waals surface area contributed by atoms with Gasteiger partial charge < -0.3 is 24.8 Å². The molecule has 0 spiro atoms. The minimum Gasteiger partial charge on any atom is -0.493 e. The van der Waals surface area contributed by atoms with E-state index in [1.54, 1.807) is 51.7 Å². The number of halogens is 1. The number of hydrogen-bond acceptors (Lipinski definition) is 5. The zero-order chi connectivity index (χ0) is 22.8. The first-order chi connectivity index (χ1) is 15.6. The van der Waals surface area contributed by atoms with Gasteiger partial charge in [-0.25, -0.2) is 9.37 Å². The van der Waals surface area contributed by atoms with Crippen molar-refractivity contribution in [1.29, 1.82) is 0 Å². The Morgan fingerprint density at radius 1 is 0.969 bits per heavy atom. The molecule has 0 aliphatic carbocycles. The maximum atomic E-state index is 13.3. The molecule has 168 valence electrons. The molecule has 0 saturated carbocycles. The molecule has 32 heavy (non-hydrogen) atoms. The number of hydrogen-bond donors (Lipinski definition) is 2. The number of pyridine rings is 1. The van der Waals surface area contributed by atoms with E-state index in [9.17, 15) is 4.39 Å². The van der Waals surface area contributed by atoms with Crippen LogP contribution in [0, 0.1) is 5.82 Å². The highest BCUT2D eigenvalue weighted by Gasteiger charge is 2.13. The molecule has 8 heteroatoms. The Kier molecular flexibility index (Phi) is 8.25. The molecule has 0 bridgehead atoms. The van der Waals surface area contributed by atoms with Crippen molar-refractivity contribution in [3.8, 4) is 23.1 Å². The van der Waals surface area contributed by atoms with E-state index in [-0.39, 0.29) is 5.82 Å². The minimum atomic E-state index is -0.228. The van der Waals surface area contributed by atoms with Crippen LogP contribution in [0.25, 0.3) is 0 Å². The first-order valence-electron chi connectivity index (χ1n) is 10.2. The molecule has 0 fully saturated rings. The Bertz CT molecular complexity index is 1020. The molecule has 0 amide bonds. The predicted octanol–water partition coefficient (Wildman–Crippen LogP) is 3.94. The fraction of sp³-hybridized carbons (Fsp3) is 0.250. The minimum absolute atomic E-state index is 0.228. The number of methoxy groups -OCH3 is 2. The summed E-state index contributed by atoms with van der Waals surface area (Å²) in [7, 11) is 4.85. The van der Waals surface area contributed by atoms with Crippen LogP contribution in [0.3, 0.4) is 0 Å². The van der Waals surface area contributed by atoms with E-state index >= 15 is 0 Å². The summed E-state index contributed by atoms with van der Waals surface area (Å²) in [4.78, 5) is 8.58. The molecule has 3 rings (SSSR count). The number of aromatic nitrogens is 1. The number of para-hydroxylation sites is 1. The van der Waals surface area contributed by atoms with Crippen molar-refractivity contribution >= 4 is 5.96 Å². The van der Waals surface area contributed by atoms with Crippen LogP contribution in [-0.2, 0) is 13.0 Å². The zero-order valence-corrected chi connectivity index (χ0v) is 18.4. The summed E-state index contributed by atoms with van der Waals surface area (Å²) in [5.74, 6) is 2.44. The van der Waals surface area contributed by atoms with Gasteiger partial charge in [-0.15, -0.1) is 0 Å². The lowest BCUT2D eigenvalue weighted by Crippen LogP contribution is -2.37. The highest BCUT2D eigenvalue weighted by molar-refractivity contribution is 5.79. The quantitative estimate of drug-likeness (QED) is 0.389. The second kappa shape index (κ2) is 11.5. The average molecular weight is 439 g/mol. The summed E-state index contributed by atoms with van der Waals surface area (Å²) in [6, 6.07) is 15.7. The molecule has 0 radical (unpaired) electrons. The molecule has 0 aliphatic heterocycles. The van der Waals surface area contributed by atoms with Gasteiger partial charge in [-0.05, 0) is 41.8 Å². The van der Waals surface area contributed by atoms with Crippen LogP contribution in [0.1, 0.15) is 11.1 Å². The maximum absolute atomic E-state index is 13.3. The third-order valence-corrected chi connectivity index (χ3v) is 4.67. The van der Waals surface area contributed by atoms with E-state index in [4.69, 9.17) is 14.2 Å². The smallest absolute Gasteiger partial charge is 0.219 e. The number of guanidine groups is 1. The molecule has 0 atom stereocenters. The Morgan fingerprint density at radius 3 is 2.34 bits per heavy atom. The highest BCUT2D eigenvalue weighted by Crippen LogP contribution is 2.39. The van der Waals surface area contributed by atoms with Gasteiger partial charge in [0.15, 0.2) is 17.5 Å². The van der Waals surface area contributed by atoms with Crippen LogP contribution in [0.15, 0.2) is 65.8 Å². The Morgan fingerprint density at radius 2 is 1.72 bits per heavy atom. The normalized spacial score (nSPS) is 11.1. The molecule has 2 aromatic carbocycles. The van der Waals surface area contributed by atoms with Crippen molar-refractivity contribution in [2.45, 2.75) is 13.0 Å². The van der Waals surface area contributed by atoms with Crippen molar-refractivity contribution in [3.63, 3.8) is 0 Å². The lowest BCUT2D eigenvalue weighted by atomic mass is 10.1. The van der Waals surface area contributed by atoms with E-state index in [1.807, 2.05) is 18.2 Å². The highest BCUT2D eigenvalue weighted by atomic mass is 19.1. The predicted molar refractivity (Wildman–Crippen MR) is 122 cm³/mol. The third-order valence-electron chi connectivity index (χ3n) is 4.67. The molecular weight excluding hydrogens is 411 g/mol.